The molecular formula is C18H16N4OS. The molecule has 120 valence electrons. The number of hydrogen-bond donors (Lipinski definition) is 1. The molecule has 0 spiro atoms. The van der Waals surface area contributed by atoms with Crippen LogP contribution in [0.25, 0.3) is 0 Å². The highest BCUT2D eigenvalue weighted by Crippen LogP contribution is 2.23. The molecule has 3 aromatic rings. The Morgan fingerprint density at radius 1 is 1.25 bits per heavy atom. The maximum absolute atomic E-state index is 12.3. The number of pyridine rings is 1. The van der Waals surface area contributed by atoms with Gasteiger partial charge in [-0.2, -0.15) is 5.26 Å². The molecule has 0 bridgehead atoms. The zero-order valence-corrected chi connectivity index (χ0v) is 14.2. The first kappa shape index (κ1) is 16.0. The van der Waals surface area contributed by atoms with Gasteiger partial charge in [-0.05, 0) is 37.1 Å². The second-order valence-corrected chi connectivity index (χ2v) is 6.36. The number of nitrogens with zero attached hydrogens (tertiary/aromatic N) is 3. The molecule has 0 aliphatic heterocycles. The van der Waals surface area contributed by atoms with Gasteiger partial charge >= 0.3 is 0 Å². The minimum atomic E-state index is -0.279. The normalized spacial score (nSPS) is 10.4. The molecule has 1 N–H and O–H groups in total. The van der Waals surface area contributed by atoms with Crippen molar-refractivity contribution in [3.05, 3.63) is 74.6 Å². The SMILES string of the molecule is Cc1ccccc1Nc1nc(Cn2ccc(C)c(C#N)c2=O)cs1. The van der Waals surface area contributed by atoms with Crippen LogP contribution in [0.4, 0.5) is 10.8 Å². The largest absolute Gasteiger partial charge is 0.331 e. The first-order chi connectivity index (χ1) is 11.6. The number of aromatic nitrogens is 2. The molecular weight excluding hydrogens is 320 g/mol. The van der Waals surface area contributed by atoms with Gasteiger partial charge in [0.2, 0.25) is 0 Å². The van der Waals surface area contributed by atoms with E-state index in [2.05, 4.69) is 10.3 Å². The second-order valence-electron chi connectivity index (χ2n) is 5.50. The van der Waals surface area contributed by atoms with Crippen molar-refractivity contribution in [1.29, 1.82) is 5.26 Å². The van der Waals surface area contributed by atoms with Gasteiger partial charge in [0.1, 0.15) is 11.6 Å². The van der Waals surface area contributed by atoms with E-state index in [0.717, 1.165) is 22.1 Å². The number of thiazole rings is 1. The van der Waals surface area contributed by atoms with Crippen molar-refractivity contribution >= 4 is 22.2 Å². The van der Waals surface area contributed by atoms with Crippen LogP contribution in [0, 0.1) is 25.2 Å². The maximum atomic E-state index is 12.3. The van der Waals surface area contributed by atoms with Crippen molar-refractivity contribution in [2.24, 2.45) is 0 Å². The molecule has 0 saturated carbocycles. The summed E-state index contributed by atoms with van der Waals surface area (Å²) in [6.07, 6.45) is 1.70. The van der Waals surface area contributed by atoms with Crippen molar-refractivity contribution in [1.82, 2.24) is 9.55 Å². The molecule has 0 radical (unpaired) electrons. The number of aryl methyl sites for hydroxylation is 2. The van der Waals surface area contributed by atoms with Crippen LogP contribution in [0.15, 0.2) is 46.7 Å². The van der Waals surface area contributed by atoms with Gasteiger partial charge in [0.05, 0.1) is 12.2 Å². The predicted octanol–water partition coefficient (Wildman–Crippen LogP) is 3.59. The zero-order valence-electron chi connectivity index (χ0n) is 13.4. The van der Waals surface area contributed by atoms with Gasteiger partial charge in [-0.3, -0.25) is 4.79 Å². The highest BCUT2D eigenvalue weighted by molar-refractivity contribution is 7.13. The zero-order chi connectivity index (χ0) is 17.1. The van der Waals surface area contributed by atoms with Crippen molar-refractivity contribution < 1.29 is 0 Å². The number of rotatable bonds is 4. The van der Waals surface area contributed by atoms with Crippen molar-refractivity contribution in [3.63, 3.8) is 0 Å². The molecule has 0 fully saturated rings. The lowest BCUT2D eigenvalue weighted by Gasteiger charge is -2.06. The van der Waals surface area contributed by atoms with Gasteiger partial charge in [-0.1, -0.05) is 18.2 Å². The Labute approximate surface area is 143 Å². The number of hydrogen-bond acceptors (Lipinski definition) is 5. The predicted molar refractivity (Wildman–Crippen MR) is 95.8 cm³/mol. The minimum Gasteiger partial charge on any atom is -0.331 e. The standard InChI is InChI=1S/C18H16N4OS/c1-12-7-8-22(17(23)15(12)9-19)10-14-11-24-18(20-14)21-16-6-4-3-5-13(16)2/h3-8,11H,10H2,1-2H3,(H,20,21). The van der Waals surface area contributed by atoms with E-state index < -0.39 is 0 Å². The maximum Gasteiger partial charge on any atom is 0.269 e. The van der Waals surface area contributed by atoms with Gasteiger partial charge in [0.15, 0.2) is 5.13 Å². The summed E-state index contributed by atoms with van der Waals surface area (Å²) in [6, 6.07) is 11.7. The summed E-state index contributed by atoms with van der Waals surface area (Å²) in [5.41, 5.74) is 3.54. The highest BCUT2D eigenvalue weighted by Gasteiger charge is 2.09. The number of para-hydroxylation sites is 1. The van der Waals surface area contributed by atoms with Crippen molar-refractivity contribution in [3.8, 4) is 6.07 Å². The molecule has 2 heterocycles. The molecule has 0 saturated heterocycles. The first-order valence-corrected chi connectivity index (χ1v) is 8.33. The molecule has 1 aromatic carbocycles. The quantitative estimate of drug-likeness (QED) is 0.790. The van der Waals surface area contributed by atoms with Crippen molar-refractivity contribution in [2.75, 3.05) is 5.32 Å². The van der Waals surface area contributed by atoms with Crippen LogP contribution in [0.1, 0.15) is 22.4 Å². The van der Waals surface area contributed by atoms with E-state index in [1.54, 1.807) is 19.2 Å². The molecule has 0 atom stereocenters. The van der Waals surface area contributed by atoms with Crippen LogP contribution in [0.5, 0.6) is 0 Å². The van der Waals surface area contributed by atoms with E-state index in [-0.39, 0.29) is 11.1 Å². The van der Waals surface area contributed by atoms with Gasteiger partial charge in [-0.25, -0.2) is 4.98 Å². The van der Waals surface area contributed by atoms with E-state index in [0.29, 0.717) is 12.1 Å². The molecule has 24 heavy (non-hydrogen) atoms. The Hall–Kier alpha value is -2.91. The summed E-state index contributed by atoms with van der Waals surface area (Å²) < 4.78 is 1.51. The number of nitriles is 1. The Bertz CT molecular complexity index is 981. The molecule has 0 aliphatic rings. The van der Waals surface area contributed by atoms with Gasteiger partial charge in [0, 0.05) is 17.3 Å². The third kappa shape index (κ3) is 3.21. The van der Waals surface area contributed by atoms with E-state index in [4.69, 9.17) is 5.26 Å². The Balaban J connectivity index is 1.82. The third-order valence-electron chi connectivity index (χ3n) is 3.76. The first-order valence-electron chi connectivity index (χ1n) is 7.45. The Morgan fingerprint density at radius 3 is 2.79 bits per heavy atom. The van der Waals surface area contributed by atoms with Crippen LogP contribution < -0.4 is 10.9 Å². The lowest BCUT2D eigenvalue weighted by Crippen LogP contribution is -2.23. The summed E-state index contributed by atoms with van der Waals surface area (Å²) >= 11 is 1.49. The van der Waals surface area contributed by atoms with Gasteiger partial charge in [0.25, 0.3) is 5.56 Å². The summed E-state index contributed by atoms with van der Waals surface area (Å²) in [7, 11) is 0. The summed E-state index contributed by atoms with van der Waals surface area (Å²) in [5, 5.41) is 15.1. The Morgan fingerprint density at radius 2 is 2.04 bits per heavy atom. The average molecular weight is 336 g/mol. The molecule has 0 aliphatic carbocycles. The fourth-order valence-electron chi connectivity index (χ4n) is 2.37. The topological polar surface area (TPSA) is 70.7 Å². The van der Waals surface area contributed by atoms with Crippen LogP contribution in [-0.2, 0) is 6.54 Å². The summed E-state index contributed by atoms with van der Waals surface area (Å²) in [4.78, 5) is 16.8. The fraction of sp³-hybridized carbons (Fsp3) is 0.167. The molecule has 0 amide bonds. The van der Waals surface area contributed by atoms with Crippen molar-refractivity contribution in [2.45, 2.75) is 20.4 Å². The molecule has 0 unspecified atom stereocenters. The van der Waals surface area contributed by atoms with Gasteiger partial charge in [-0.15, -0.1) is 11.3 Å². The monoisotopic (exact) mass is 336 g/mol. The van der Waals surface area contributed by atoms with Crippen LogP contribution in [0.2, 0.25) is 0 Å². The minimum absolute atomic E-state index is 0.186. The lowest BCUT2D eigenvalue weighted by atomic mass is 10.2. The van der Waals surface area contributed by atoms with E-state index in [1.165, 1.54) is 15.9 Å². The highest BCUT2D eigenvalue weighted by atomic mass is 32.1. The Kier molecular flexibility index (Phi) is 4.45. The van der Waals surface area contributed by atoms with Crippen LogP contribution in [0.3, 0.4) is 0 Å². The third-order valence-corrected chi connectivity index (χ3v) is 4.56. The smallest absolute Gasteiger partial charge is 0.269 e. The summed E-state index contributed by atoms with van der Waals surface area (Å²) in [5.74, 6) is 0. The number of benzene rings is 1. The van der Waals surface area contributed by atoms with E-state index in [9.17, 15) is 4.79 Å². The lowest BCUT2D eigenvalue weighted by molar-refractivity contribution is 0.739. The van der Waals surface area contributed by atoms with Crippen LogP contribution in [-0.4, -0.2) is 9.55 Å². The fourth-order valence-corrected chi connectivity index (χ4v) is 3.08. The van der Waals surface area contributed by atoms with Gasteiger partial charge < -0.3 is 9.88 Å². The summed E-state index contributed by atoms with van der Waals surface area (Å²) in [6.45, 7) is 4.14. The van der Waals surface area contributed by atoms with E-state index >= 15 is 0 Å². The van der Waals surface area contributed by atoms with Crippen LogP contribution >= 0.6 is 11.3 Å². The molecule has 6 heteroatoms. The number of anilines is 2. The second kappa shape index (κ2) is 6.69. The number of nitrogens with one attached hydrogen (secondary N) is 1. The van der Waals surface area contributed by atoms with E-state index in [1.807, 2.05) is 42.6 Å². The molecule has 2 aromatic heterocycles. The molecule has 5 nitrogen and oxygen atoms in total. The molecule has 3 rings (SSSR count). The average Bonchev–Trinajstić information content (AvgIpc) is 3.00.